The SMILES string of the molecule is Cn1c(=O)c2c(nc(NCc3cccnc3)n2CC(O)COc2ccc(Cl)cc2)n(C)c1=O. The summed E-state index contributed by atoms with van der Waals surface area (Å²) in [5, 5.41) is 14.4. The molecule has 172 valence electrons. The maximum absolute atomic E-state index is 12.9. The van der Waals surface area contributed by atoms with Crippen LogP contribution in [0.2, 0.25) is 5.02 Å². The van der Waals surface area contributed by atoms with Crippen molar-refractivity contribution in [3.63, 3.8) is 0 Å². The standard InChI is InChI=1S/C22H23ClN6O4/c1-27-19-18(20(31)28(2)22(27)32)29(21(26-19)25-11-14-4-3-9-24-10-14)12-16(30)13-33-17-7-5-15(23)6-8-17/h3-10,16,30H,11-13H2,1-2H3,(H,25,26). The first-order valence-corrected chi connectivity index (χ1v) is 10.6. The molecule has 0 saturated carbocycles. The normalized spacial score (nSPS) is 12.1. The summed E-state index contributed by atoms with van der Waals surface area (Å²) in [6.07, 6.45) is 2.43. The summed E-state index contributed by atoms with van der Waals surface area (Å²) in [7, 11) is 2.96. The van der Waals surface area contributed by atoms with Gasteiger partial charge in [-0.25, -0.2) is 4.79 Å². The Morgan fingerprint density at radius 3 is 2.61 bits per heavy atom. The van der Waals surface area contributed by atoms with Crippen LogP contribution in [0.1, 0.15) is 5.56 Å². The molecule has 1 atom stereocenters. The molecule has 1 unspecified atom stereocenters. The monoisotopic (exact) mass is 470 g/mol. The number of aliphatic hydroxyl groups excluding tert-OH is 1. The van der Waals surface area contributed by atoms with E-state index in [2.05, 4.69) is 15.3 Å². The highest BCUT2D eigenvalue weighted by atomic mass is 35.5. The Morgan fingerprint density at radius 1 is 1.15 bits per heavy atom. The summed E-state index contributed by atoms with van der Waals surface area (Å²) in [5.41, 5.74) is 0.356. The molecule has 0 amide bonds. The van der Waals surface area contributed by atoms with Gasteiger partial charge in [0.25, 0.3) is 5.56 Å². The van der Waals surface area contributed by atoms with Crippen molar-refractivity contribution in [1.29, 1.82) is 0 Å². The Morgan fingerprint density at radius 2 is 1.91 bits per heavy atom. The minimum Gasteiger partial charge on any atom is -0.491 e. The van der Waals surface area contributed by atoms with Crippen LogP contribution in [0.25, 0.3) is 11.2 Å². The number of benzene rings is 1. The van der Waals surface area contributed by atoms with Crippen LogP contribution in [-0.2, 0) is 27.2 Å². The molecule has 2 N–H and O–H groups in total. The second kappa shape index (κ2) is 9.47. The lowest BCUT2D eigenvalue weighted by molar-refractivity contribution is 0.0938. The lowest BCUT2D eigenvalue weighted by Gasteiger charge is -2.16. The Labute approximate surface area is 193 Å². The summed E-state index contributed by atoms with van der Waals surface area (Å²) in [6.45, 7) is 0.394. The summed E-state index contributed by atoms with van der Waals surface area (Å²) in [6, 6.07) is 10.5. The van der Waals surface area contributed by atoms with E-state index in [0.717, 1.165) is 10.1 Å². The average Bonchev–Trinajstić information content (AvgIpc) is 3.18. The predicted octanol–water partition coefficient (Wildman–Crippen LogP) is 1.53. The van der Waals surface area contributed by atoms with Crippen molar-refractivity contribution in [2.24, 2.45) is 14.1 Å². The number of ether oxygens (including phenoxy) is 1. The summed E-state index contributed by atoms with van der Waals surface area (Å²) < 4.78 is 9.53. The van der Waals surface area contributed by atoms with Crippen molar-refractivity contribution < 1.29 is 9.84 Å². The first-order valence-electron chi connectivity index (χ1n) is 10.2. The van der Waals surface area contributed by atoms with Gasteiger partial charge in [0, 0.05) is 38.1 Å². The summed E-state index contributed by atoms with van der Waals surface area (Å²) >= 11 is 5.89. The second-order valence-electron chi connectivity index (χ2n) is 7.56. The van der Waals surface area contributed by atoms with E-state index in [0.29, 0.717) is 23.3 Å². The van der Waals surface area contributed by atoms with Gasteiger partial charge >= 0.3 is 5.69 Å². The van der Waals surface area contributed by atoms with Crippen LogP contribution < -0.4 is 21.3 Å². The van der Waals surface area contributed by atoms with E-state index in [-0.39, 0.29) is 24.3 Å². The molecule has 0 saturated heterocycles. The molecule has 1 aromatic carbocycles. The molecule has 0 aliphatic carbocycles. The maximum Gasteiger partial charge on any atom is 0.332 e. The number of hydrogen-bond donors (Lipinski definition) is 2. The van der Waals surface area contributed by atoms with Gasteiger partial charge in [0.2, 0.25) is 5.95 Å². The zero-order valence-corrected chi connectivity index (χ0v) is 18.9. The Kier molecular flexibility index (Phi) is 6.47. The summed E-state index contributed by atoms with van der Waals surface area (Å²) in [4.78, 5) is 33.9. The molecule has 33 heavy (non-hydrogen) atoms. The number of nitrogens with one attached hydrogen (secondary N) is 1. The molecule has 0 spiro atoms. The predicted molar refractivity (Wildman–Crippen MR) is 125 cm³/mol. The first-order chi connectivity index (χ1) is 15.8. The minimum atomic E-state index is -0.959. The van der Waals surface area contributed by atoms with Crippen molar-refractivity contribution in [2.45, 2.75) is 19.2 Å². The Bertz CT molecular complexity index is 1380. The Balaban J connectivity index is 1.65. The van der Waals surface area contributed by atoms with E-state index in [1.807, 2.05) is 12.1 Å². The van der Waals surface area contributed by atoms with Gasteiger partial charge in [0.05, 0.1) is 6.54 Å². The maximum atomic E-state index is 12.9. The van der Waals surface area contributed by atoms with Crippen molar-refractivity contribution in [2.75, 3.05) is 11.9 Å². The molecule has 4 rings (SSSR count). The quantitative estimate of drug-likeness (QED) is 0.401. The van der Waals surface area contributed by atoms with Gasteiger partial charge in [-0.2, -0.15) is 4.98 Å². The van der Waals surface area contributed by atoms with E-state index in [4.69, 9.17) is 16.3 Å². The zero-order valence-electron chi connectivity index (χ0n) is 18.1. The van der Waals surface area contributed by atoms with Crippen LogP contribution in [0.3, 0.4) is 0 Å². The van der Waals surface area contributed by atoms with Crippen molar-refractivity contribution in [3.05, 3.63) is 80.2 Å². The smallest absolute Gasteiger partial charge is 0.332 e. The zero-order chi connectivity index (χ0) is 23.5. The highest BCUT2D eigenvalue weighted by Crippen LogP contribution is 2.19. The van der Waals surface area contributed by atoms with E-state index in [1.165, 1.54) is 11.6 Å². The number of imidazole rings is 1. The van der Waals surface area contributed by atoms with Crippen LogP contribution in [-0.4, -0.2) is 41.5 Å². The van der Waals surface area contributed by atoms with Gasteiger partial charge in [0.1, 0.15) is 18.5 Å². The number of aliphatic hydroxyl groups is 1. The van der Waals surface area contributed by atoms with Crippen LogP contribution in [0.15, 0.2) is 58.4 Å². The fraction of sp³-hybridized carbons (Fsp3) is 0.273. The number of rotatable bonds is 8. The van der Waals surface area contributed by atoms with Gasteiger partial charge in [-0.1, -0.05) is 17.7 Å². The number of aryl methyl sites for hydroxylation is 1. The number of anilines is 1. The fourth-order valence-electron chi connectivity index (χ4n) is 3.43. The number of pyridine rings is 1. The number of nitrogens with zero attached hydrogens (tertiary/aromatic N) is 5. The molecular formula is C22H23ClN6O4. The van der Waals surface area contributed by atoms with Crippen LogP contribution in [0.5, 0.6) is 5.75 Å². The van der Waals surface area contributed by atoms with Crippen LogP contribution >= 0.6 is 11.6 Å². The highest BCUT2D eigenvalue weighted by Gasteiger charge is 2.21. The highest BCUT2D eigenvalue weighted by molar-refractivity contribution is 6.30. The third-order valence-corrected chi connectivity index (χ3v) is 5.42. The molecular weight excluding hydrogens is 448 g/mol. The van der Waals surface area contributed by atoms with Gasteiger partial charge in [0.15, 0.2) is 11.2 Å². The summed E-state index contributed by atoms with van der Waals surface area (Å²) in [5.74, 6) is 0.903. The van der Waals surface area contributed by atoms with Crippen molar-refractivity contribution in [1.82, 2.24) is 23.7 Å². The van der Waals surface area contributed by atoms with E-state index in [1.54, 1.807) is 48.3 Å². The van der Waals surface area contributed by atoms with Gasteiger partial charge in [-0.3, -0.25) is 18.9 Å². The topological polar surface area (TPSA) is 116 Å². The molecule has 0 aliphatic rings. The first kappa shape index (κ1) is 22.6. The van der Waals surface area contributed by atoms with E-state index < -0.39 is 17.4 Å². The molecule has 4 aromatic rings. The van der Waals surface area contributed by atoms with Crippen LogP contribution in [0.4, 0.5) is 5.95 Å². The van der Waals surface area contributed by atoms with Crippen LogP contribution in [0, 0.1) is 0 Å². The third kappa shape index (κ3) is 4.76. The molecule has 11 heteroatoms. The molecule has 0 bridgehead atoms. The molecule has 0 aliphatic heterocycles. The minimum absolute atomic E-state index is 0.0184. The average molecular weight is 471 g/mol. The number of hydrogen-bond acceptors (Lipinski definition) is 7. The second-order valence-corrected chi connectivity index (χ2v) is 7.99. The molecule has 3 heterocycles. The van der Waals surface area contributed by atoms with Crippen molar-refractivity contribution in [3.8, 4) is 5.75 Å². The van der Waals surface area contributed by atoms with Gasteiger partial charge in [-0.05, 0) is 35.9 Å². The third-order valence-electron chi connectivity index (χ3n) is 5.17. The number of fused-ring (bicyclic) bond motifs is 1. The number of aromatic nitrogens is 5. The fourth-order valence-corrected chi connectivity index (χ4v) is 3.56. The Hall–Kier alpha value is -3.63. The van der Waals surface area contributed by atoms with Gasteiger partial charge in [-0.15, -0.1) is 0 Å². The molecule has 10 nitrogen and oxygen atoms in total. The largest absolute Gasteiger partial charge is 0.491 e. The molecule has 3 aromatic heterocycles. The molecule has 0 radical (unpaired) electrons. The lowest BCUT2D eigenvalue weighted by atomic mass is 10.3. The molecule has 0 fully saturated rings. The number of halogens is 1. The van der Waals surface area contributed by atoms with Gasteiger partial charge < -0.3 is 19.7 Å². The van der Waals surface area contributed by atoms with E-state index >= 15 is 0 Å². The van der Waals surface area contributed by atoms with Crippen molar-refractivity contribution >= 4 is 28.7 Å². The lowest BCUT2D eigenvalue weighted by Crippen LogP contribution is -2.38. The van der Waals surface area contributed by atoms with E-state index in [9.17, 15) is 14.7 Å².